The Hall–Kier alpha value is -1.13. The lowest BCUT2D eigenvalue weighted by molar-refractivity contribution is 0.0857. The summed E-state index contributed by atoms with van der Waals surface area (Å²) in [5.74, 6) is 0.931. The second kappa shape index (κ2) is 5.98. The predicted octanol–water partition coefficient (Wildman–Crippen LogP) is 1.56. The molecule has 2 rings (SSSR count). The Labute approximate surface area is 102 Å². The number of aromatic nitrogens is 1. The van der Waals surface area contributed by atoms with Crippen LogP contribution in [0.15, 0.2) is 18.3 Å². The Kier molecular flexibility index (Phi) is 4.34. The van der Waals surface area contributed by atoms with Crippen LogP contribution in [0.5, 0.6) is 0 Å². The molecule has 0 saturated heterocycles. The summed E-state index contributed by atoms with van der Waals surface area (Å²) in [4.78, 5) is 16.7. The van der Waals surface area contributed by atoms with E-state index in [2.05, 4.69) is 4.98 Å². The number of Topliss-reactive ketones (excluding diaryl/α,β-unsaturated/α-hetero) is 1. The molecule has 1 aromatic rings. The maximum Gasteiger partial charge on any atom is 0.192 e. The summed E-state index contributed by atoms with van der Waals surface area (Å²) in [6.45, 7) is 2.84. The number of hydrogen-bond acceptors (Lipinski definition) is 3. The van der Waals surface area contributed by atoms with Crippen molar-refractivity contribution in [3.05, 3.63) is 24.0 Å². The normalized spacial score (nSPS) is 15.4. The largest absolute Gasteiger partial charge is 0.380 e. The molecule has 0 unspecified atom stereocenters. The summed E-state index contributed by atoms with van der Waals surface area (Å²) in [5.41, 5.74) is 0.677. The van der Waals surface area contributed by atoms with E-state index in [0.717, 1.165) is 19.1 Å². The van der Waals surface area contributed by atoms with Crippen LogP contribution in [0.1, 0.15) is 23.3 Å². The van der Waals surface area contributed by atoms with Gasteiger partial charge < -0.3 is 9.72 Å². The Morgan fingerprint density at radius 3 is 3.06 bits per heavy atom. The van der Waals surface area contributed by atoms with Crippen molar-refractivity contribution in [2.75, 3.05) is 33.4 Å². The first kappa shape index (κ1) is 12.3. The second-order valence-electron chi connectivity index (χ2n) is 4.76. The van der Waals surface area contributed by atoms with Gasteiger partial charge in [0.1, 0.15) is 0 Å². The van der Waals surface area contributed by atoms with Gasteiger partial charge in [0.2, 0.25) is 0 Å². The minimum atomic E-state index is 0.125. The maximum atomic E-state index is 11.8. The van der Waals surface area contributed by atoms with Crippen LogP contribution in [0, 0.1) is 5.92 Å². The third-order valence-electron chi connectivity index (χ3n) is 2.98. The van der Waals surface area contributed by atoms with E-state index in [1.807, 2.05) is 18.0 Å². The van der Waals surface area contributed by atoms with Gasteiger partial charge in [-0.1, -0.05) is 0 Å². The first-order chi connectivity index (χ1) is 8.25. The van der Waals surface area contributed by atoms with Crippen molar-refractivity contribution in [1.82, 2.24) is 9.88 Å². The van der Waals surface area contributed by atoms with Gasteiger partial charge in [0.25, 0.3) is 0 Å². The molecular formula is C13H20N2O2. The van der Waals surface area contributed by atoms with Gasteiger partial charge in [-0.15, -0.1) is 0 Å². The lowest BCUT2D eigenvalue weighted by Gasteiger charge is -2.15. The van der Waals surface area contributed by atoms with Gasteiger partial charge in [0, 0.05) is 19.3 Å². The third-order valence-corrected chi connectivity index (χ3v) is 2.98. The molecule has 1 aliphatic rings. The van der Waals surface area contributed by atoms with Gasteiger partial charge in [-0.05, 0) is 37.9 Å². The molecule has 0 aliphatic heterocycles. The average Bonchev–Trinajstić information content (AvgIpc) is 2.95. The number of H-pyrrole nitrogens is 1. The van der Waals surface area contributed by atoms with Crippen molar-refractivity contribution in [2.24, 2.45) is 5.92 Å². The van der Waals surface area contributed by atoms with E-state index in [1.54, 1.807) is 12.3 Å². The Bertz CT molecular complexity index is 344. The summed E-state index contributed by atoms with van der Waals surface area (Å²) in [5, 5.41) is 0. The number of rotatable bonds is 8. The molecule has 0 spiro atoms. The van der Waals surface area contributed by atoms with E-state index in [4.69, 9.17) is 4.74 Å². The zero-order valence-corrected chi connectivity index (χ0v) is 10.3. The first-order valence-electron chi connectivity index (χ1n) is 6.18. The first-order valence-corrected chi connectivity index (χ1v) is 6.18. The van der Waals surface area contributed by atoms with Crippen molar-refractivity contribution in [1.29, 1.82) is 0 Å². The number of nitrogens with zero attached hydrogens (tertiary/aromatic N) is 1. The highest BCUT2D eigenvalue weighted by Gasteiger charge is 2.21. The number of carbonyl (C=O) groups is 1. The fourth-order valence-electron chi connectivity index (χ4n) is 1.67. The zero-order chi connectivity index (χ0) is 12.1. The summed E-state index contributed by atoms with van der Waals surface area (Å²) >= 11 is 0. The van der Waals surface area contributed by atoms with E-state index < -0.39 is 0 Å². The Morgan fingerprint density at radius 1 is 1.59 bits per heavy atom. The molecule has 17 heavy (non-hydrogen) atoms. The molecule has 0 amide bonds. The molecule has 1 aliphatic carbocycles. The molecule has 1 aromatic heterocycles. The molecule has 4 nitrogen and oxygen atoms in total. The molecule has 0 bridgehead atoms. The van der Waals surface area contributed by atoms with E-state index >= 15 is 0 Å². The van der Waals surface area contributed by atoms with Crippen molar-refractivity contribution in [3.63, 3.8) is 0 Å². The second-order valence-corrected chi connectivity index (χ2v) is 4.76. The van der Waals surface area contributed by atoms with Crippen molar-refractivity contribution in [3.8, 4) is 0 Å². The molecule has 4 heteroatoms. The van der Waals surface area contributed by atoms with Crippen LogP contribution >= 0.6 is 0 Å². The smallest absolute Gasteiger partial charge is 0.192 e. The number of hydrogen-bond donors (Lipinski definition) is 1. The fraction of sp³-hybridized carbons (Fsp3) is 0.615. The number of ether oxygens (including phenoxy) is 1. The number of ketones is 1. The molecule has 94 valence electrons. The minimum absolute atomic E-state index is 0.125. The molecule has 1 fully saturated rings. The Balaban J connectivity index is 1.59. The van der Waals surface area contributed by atoms with E-state index in [-0.39, 0.29) is 5.78 Å². The van der Waals surface area contributed by atoms with Crippen LogP contribution in [0.4, 0.5) is 0 Å². The fourth-order valence-corrected chi connectivity index (χ4v) is 1.67. The SMILES string of the molecule is CN(CCOCC1CC1)CC(=O)c1ccc[nH]1. The van der Waals surface area contributed by atoms with Crippen LogP contribution in [0.2, 0.25) is 0 Å². The van der Waals surface area contributed by atoms with Crippen molar-refractivity contribution >= 4 is 5.78 Å². The lowest BCUT2D eigenvalue weighted by Crippen LogP contribution is -2.29. The summed E-state index contributed by atoms with van der Waals surface area (Å²) < 4.78 is 5.54. The van der Waals surface area contributed by atoms with Gasteiger partial charge in [-0.2, -0.15) is 0 Å². The molecule has 0 radical (unpaired) electrons. The minimum Gasteiger partial charge on any atom is -0.380 e. The molecule has 1 heterocycles. The predicted molar refractivity (Wildman–Crippen MR) is 66.2 cm³/mol. The highest BCUT2D eigenvalue weighted by Crippen LogP contribution is 2.28. The third kappa shape index (κ3) is 4.32. The zero-order valence-electron chi connectivity index (χ0n) is 10.3. The van der Waals surface area contributed by atoms with Crippen molar-refractivity contribution < 1.29 is 9.53 Å². The van der Waals surface area contributed by atoms with Gasteiger partial charge in [-0.25, -0.2) is 0 Å². The Morgan fingerprint density at radius 2 is 2.41 bits per heavy atom. The summed E-state index contributed by atoms with van der Waals surface area (Å²) in [6, 6.07) is 3.64. The molecule has 0 atom stereocenters. The van der Waals surface area contributed by atoms with E-state index in [0.29, 0.717) is 18.8 Å². The quantitative estimate of drug-likeness (QED) is 0.550. The lowest BCUT2D eigenvalue weighted by atomic mass is 10.3. The van der Waals surface area contributed by atoms with E-state index in [1.165, 1.54) is 12.8 Å². The standard InChI is InChI=1S/C13H20N2O2/c1-15(7-8-17-10-11-4-5-11)9-13(16)12-3-2-6-14-12/h2-3,6,11,14H,4-5,7-10H2,1H3. The summed E-state index contributed by atoms with van der Waals surface area (Å²) in [6.07, 6.45) is 4.41. The summed E-state index contributed by atoms with van der Waals surface area (Å²) in [7, 11) is 1.95. The number of nitrogens with one attached hydrogen (secondary N) is 1. The van der Waals surface area contributed by atoms with Crippen LogP contribution < -0.4 is 0 Å². The van der Waals surface area contributed by atoms with Crippen molar-refractivity contribution in [2.45, 2.75) is 12.8 Å². The number of aromatic amines is 1. The topological polar surface area (TPSA) is 45.3 Å². The van der Waals surface area contributed by atoms with Gasteiger partial charge >= 0.3 is 0 Å². The maximum absolute atomic E-state index is 11.8. The van der Waals surface area contributed by atoms with Crippen LogP contribution in [-0.2, 0) is 4.74 Å². The highest BCUT2D eigenvalue weighted by atomic mass is 16.5. The van der Waals surface area contributed by atoms with Gasteiger partial charge in [-0.3, -0.25) is 9.69 Å². The number of likely N-dealkylation sites (N-methyl/N-ethyl adjacent to an activating group) is 1. The van der Waals surface area contributed by atoms with Gasteiger partial charge in [0.15, 0.2) is 5.78 Å². The molecule has 0 aromatic carbocycles. The van der Waals surface area contributed by atoms with E-state index in [9.17, 15) is 4.79 Å². The van der Waals surface area contributed by atoms with Gasteiger partial charge in [0.05, 0.1) is 18.8 Å². The average molecular weight is 236 g/mol. The highest BCUT2D eigenvalue weighted by molar-refractivity contribution is 5.95. The van der Waals surface area contributed by atoms with Crippen LogP contribution in [0.3, 0.4) is 0 Å². The molecular weight excluding hydrogens is 216 g/mol. The monoisotopic (exact) mass is 236 g/mol. The number of carbonyl (C=O) groups excluding carboxylic acids is 1. The molecule has 1 saturated carbocycles. The van der Waals surface area contributed by atoms with Crippen LogP contribution in [-0.4, -0.2) is 49.0 Å². The van der Waals surface area contributed by atoms with Crippen LogP contribution in [0.25, 0.3) is 0 Å². The molecule has 1 N–H and O–H groups in total.